The SMILES string of the molecule is OB(O)O.[CsH].[HH]. The van der Waals surface area contributed by atoms with Crippen molar-refractivity contribution in [3.8, 4) is 0 Å². The van der Waals surface area contributed by atoms with Crippen molar-refractivity contribution >= 4 is 76.2 Å². The average Bonchev–Trinajstić information content (AvgIpc) is 0.811. The molecule has 0 atom stereocenters. The molecule has 0 rings (SSSR count). The molecular weight excluding hydrogens is 192 g/mol. The summed E-state index contributed by atoms with van der Waals surface area (Å²) in [4.78, 5) is 0. The molecule has 5 heavy (non-hydrogen) atoms. The summed E-state index contributed by atoms with van der Waals surface area (Å²) in [5.74, 6) is 0. The Kier molecular flexibility index (Phi) is 12.1. The standard InChI is InChI=1S/BH3O3.Cs.H2.H/c2-1(3)4;;;/h2-4H;;1H;. The third-order valence-corrected chi connectivity index (χ3v) is 0. The Balaban J connectivity index is -0.0000000450. The summed E-state index contributed by atoms with van der Waals surface area (Å²) in [5, 5.41) is 21.5. The van der Waals surface area contributed by atoms with Crippen molar-refractivity contribution in [1.29, 1.82) is 0 Å². The van der Waals surface area contributed by atoms with Crippen LogP contribution >= 0.6 is 0 Å². The van der Waals surface area contributed by atoms with Crippen molar-refractivity contribution in [2.75, 3.05) is 0 Å². The van der Waals surface area contributed by atoms with Crippen LogP contribution in [0.1, 0.15) is 1.43 Å². The minimum atomic E-state index is -2.17. The van der Waals surface area contributed by atoms with Crippen molar-refractivity contribution in [2.45, 2.75) is 0 Å². The van der Waals surface area contributed by atoms with Gasteiger partial charge in [-0.2, -0.15) is 0 Å². The van der Waals surface area contributed by atoms with E-state index < -0.39 is 7.32 Å². The van der Waals surface area contributed by atoms with Gasteiger partial charge in [-0.15, -0.1) is 0 Å². The Morgan fingerprint density at radius 1 is 1.20 bits per heavy atom. The van der Waals surface area contributed by atoms with Crippen molar-refractivity contribution in [1.82, 2.24) is 0 Å². The molecule has 3 N–H and O–H groups in total. The maximum absolute atomic E-state index is 7.17. The molecule has 28 valence electrons. The van der Waals surface area contributed by atoms with Gasteiger partial charge in [0.1, 0.15) is 0 Å². The second kappa shape index (κ2) is 6.00. The first kappa shape index (κ1) is 10.1. The topological polar surface area (TPSA) is 60.7 Å². The molecule has 0 unspecified atom stereocenters. The summed E-state index contributed by atoms with van der Waals surface area (Å²) in [7, 11) is -2.17. The fraction of sp³-hybridized carbons (Fsp3) is 0. The third-order valence-electron chi connectivity index (χ3n) is 0. The van der Waals surface area contributed by atoms with Crippen molar-refractivity contribution in [3.05, 3.63) is 0 Å². The fourth-order valence-electron chi connectivity index (χ4n) is 0. The van der Waals surface area contributed by atoms with Crippen molar-refractivity contribution < 1.29 is 16.5 Å². The molecule has 3 nitrogen and oxygen atoms in total. The first-order valence-electron chi connectivity index (χ1n) is 0.775. The van der Waals surface area contributed by atoms with E-state index in [4.69, 9.17) is 15.1 Å². The van der Waals surface area contributed by atoms with Gasteiger partial charge < -0.3 is 15.1 Å². The third kappa shape index (κ3) is 24.0. The number of hydrogen-bond acceptors (Lipinski definition) is 3. The Morgan fingerprint density at radius 2 is 1.20 bits per heavy atom. The van der Waals surface area contributed by atoms with E-state index in [0.29, 0.717) is 0 Å². The molecule has 0 amide bonds. The molecule has 0 radical (unpaired) electrons. The zero-order valence-corrected chi connectivity index (χ0v) is 1.92. The molecule has 0 spiro atoms. The molecule has 0 aliphatic carbocycles. The number of rotatable bonds is 0. The Bertz CT molecular complexity index is 15.5. The van der Waals surface area contributed by atoms with Crippen LogP contribution in [-0.4, -0.2) is 91.3 Å². The molecule has 5 heteroatoms. The minimum Gasteiger partial charge on any atom is 0 e. The van der Waals surface area contributed by atoms with Gasteiger partial charge in [-0.3, -0.25) is 0 Å². The van der Waals surface area contributed by atoms with Crippen LogP contribution in [0, 0.1) is 0 Å². The van der Waals surface area contributed by atoms with E-state index in [9.17, 15) is 0 Å². The largest absolute Gasteiger partial charge is 0 e. The molecule has 0 saturated heterocycles. The zero-order valence-electron chi connectivity index (χ0n) is 1.92. The van der Waals surface area contributed by atoms with E-state index in [1.807, 2.05) is 0 Å². The van der Waals surface area contributed by atoms with Crippen LogP contribution in [0.5, 0.6) is 0 Å². The smallest absolute Gasteiger partial charge is 0 e. The van der Waals surface area contributed by atoms with Gasteiger partial charge in [0.25, 0.3) is 0 Å². The van der Waals surface area contributed by atoms with Gasteiger partial charge in [-0.25, -0.2) is 0 Å². The Hall–Kier alpha value is 2.00. The van der Waals surface area contributed by atoms with E-state index in [0.717, 1.165) is 0 Å². The van der Waals surface area contributed by atoms with Gasteiger partial charge in [0.05, 0.1) is 0 Å². The molecule has 0 fully saturated rings. The van der Waals surface area contributed by atoms with Gasteiger partial charge >= 0.3 is 76.2 Å². The van der Waals surface area contributed by atoms with E-state index in [2.05, 4.69) is 0 Å². The summed E-state index contributed by atoms with van der Waals surface area (Å²) in [5.41, 5.74) is 0. The second-order valence-electron chi connectivity index (χ2n) is 0.346. The quantitative estimate of drug-likeness (QED) is 0.378. The predicted octanol–water partition coefficient (Wildman–Crippen LogP) is -2.45. The van der Waals surface area contributed by atoms with Gasteiger partial charge in [-0.1, -0.05) is 0 Å². The summed E-state index contributed by atoms with van der Waals surface area (Å²) in [6.45, 7) is 0. The molecule has 0 bridgehead atoms. The van der Waals surface area contributed by atoms with Crippen molar-refractivity contribution in [3.63, 3.8) is 0 Å². The zero-order chi connectivity index (χ0) is 3.58. The molecule has 0 aliphatic rings. The van der Waals surface area contributed by atoms with Crippen LogP contribution in [0.4, 0.5) is 0 Å². The fourth-order valence-corrected chi connectivity index (χ4v) is 0. The number of hydrogen-bond donors (Lipinski definition) is 3. The van der Waals surface area contributed by atoms with Gasteiger partial charge in [0, 0.05) is 1.43 Å². The van der Waals surface area contributed by atoms with Crippen LogP contribution < -0.4 is 0 Å². The van der Waals surface area contributed by atoms with Crippen LogP contribution in [0.25, 0.3) is 0 Å². The molecule has 0 saturated carbocycles. The molecule has 0 heterocycles. The predicted molar refractivity (Wildman–Crippen MR) is 21.7 cm³/mol. The molecule has 0 aliphatic heterocycles. The monoisotopic (exact) mass is 198 g/mol. The molecular formula is H6BCsO3. The normalized spacial score (nSPS) is 5.40. The first-order chi connectivity index (χ1) is 1.73. The average molecular weight is 198 g/mol. The van der Waals surface area contributed by atoms with E-state index in [1.54, 1.807) is 0 Å². The Morgan fingerprint density at radius 3 is 1.20 bits per heavy atom. The van der Waals surface area contributed by atoms with E-state index in [-0.39, 0.29) is 70.3 Å². The molecule has 0 aromatic carbocycles. The summed E-state index contributed by atoms with van der Waals surface area (Å²) in [6.07, 6.45) is 0. The maximum Gasteiger partial charge on any atom is 0 e. The first-order valence-corrected chi connectivity index (χ1v) is 0.775. The van der Waals surface area contributed by atoms with Crippen LogP contribution in [-0.2, 0) is 0 Å². The Labute approximate surface area is 90.5 Å². The summed E-state index contributed by atoms with van der Waals surface area (Å²) in [6, 6.07) is 0. The van der Waals surface area contributed by atoms with Gasteiger partial charge in [0.2, 0.25) is 0 Å². The van der Waals surface area contributed by atoms with Gasteiger partial charge in [0.15, 0.2) is 0 Å². The maximum atomic E-state index is 7.17. The van der Waals surface area contributed by atoms with Crippen LogP contribution in [0.2, 0.25) is 0 Å². The van der Waals surface area contributed by atoms with Crippen molar-refractivity contribution in [2.24, 2.45) is 0 Å². The molecule has 0 aromatic heterocycles. The summed E-state index contributed by atoms with van der Waals surface area (Å²) < 4.78 is 0. The van der Waals surface area contributed by atoms with E-state index in [1.165, 1.54) is 0 Å². The van der Waals surface area contributed by atoms with Crippen LogP contribution in [0.15, 0.2) is 0 Å². The minimum absolute atomic E-state index is 0. The van der Waals surface area contributed by atoms with Crippen LogP contribution in [0.3, 0.4) is 0 Å². The molecule has 0 aromatic rings. The second-order valence-corrected chi connectivity index (χ2v) is 0.346. The van der Waals surface area contributed by atoms with Gasteiger partial charge in [-0.05, 0) is 0 Å². The van der Waals surface area contributed by atoms with E-state index >= 15 is 0 Å². The summed E-state index contributed by atoms with van der Waals surface area (Å²) >= 11 is 0.